The molecule has 0 bridgehead atoms. The van der Waals surface area contributed by atoms with Crippen molar-refractivity contribution in [2.75, 3.05) is 13.2 Å². The summed E-state index contributed by atoms with van der Waals surface area (Å²) in [5, 5.41) is 9.07. The van der Waals surface area contributed by atoms with Crippen LogP contribution in [0.3, 0.4) is 0 Å². The van der Waals surface area contributed by atoms with E-state index in [1.807, 2.05) is 31.2 Å². The highest BCUT2D eigenvalue weighted by molar-refractivity contribution is 5.29. The van der Waals surface area contributed by atoms with Crippen LogP contribution in [0.2, 0.25) is 0 Å². The van der Waals surface area contributed by atoms with Crippen molar-refractivity contribution in [3.8, 4) is 17.6 Å². The lowest BCUT2D eigenvalue weighted by Gasteiger charge is -2.09. The molecule has 3 nitrogen and oxygen atoms in total. The SMILES string of the molecule is C=CC(O)OCCOc1ccc(CC#CC)cc1. The van der Waals surface area contributed by atoms with Crippen LogP contribution in [0.25, 0.3) is 0 Å². The predicted molar refractivity (Wildman–Crippen MR) is 71.2 cm³/mol. The highest BCUT2D eigenvalue weighted by atomic mass is 16.6. The number of hydrogen-bond acceptors (Lipinski definition) is 3. The van der Waals surface area contributed by atoms with Gasteiger partial charge in [-0.15, -0.1) is 5.92 Å². The molecule has 3 heteroatoms. The zero-order chi connectivity index (χ0) is 13.2. The molecule has 1 rings (SSSR count). The molecule has 1 aromatic carbocycles. The highest BCUT2D eigenvalue weighted by Gasteiger charge is 1.98. The van der Waals surface area contributed by atoms with E-state index in [-0.39, 0.29) is 0 Å². The Labute approximate surface area is 108 Å². The van der Waals surface area contributed by atoms with E-state index in [0.717, 1.165) is 17.7 Å². The lowest BCUT2D eigenvalue weighted by Crippen LogP contribution is -2.14. The summed E-state index contributed by atoms with van der Waals surface area (Å²) in [7, 11) is 0. The molecule has 0 heterocycles. The summed E-state index contributed by atoms with van der Waals surface area (Å²) in [6.07, 6.45) is 1.15. The fraction of sp³-hybridized carbons (Fsp3) is 0.333. The van der Waals surface area contributed by atoms with Crippen molar-refractivity contribution in [3.05, 3.63) is 42.5 Å². The van der Waals surface area contributed by atoms with Gasteiger partial charge >= 0.3 is 0 Å². The van der Waals surface area contributed by atoms with Crippen molar-refractivity contribution in [1.29, 1.82) is 0 Å². The van der Waals surface area contributed by atoms with E-state index in [2.05, 4.69) is 18.4 Å². The van der Waals surface area contributed by atoms with Gasteiger partial charge < -0.3 is 14.6 Å². The molecule has 1 N–H and O–H groups in total. The van der Waals surface area contributed by atoms with Crippen LogP contribution < -0.4 is 4.74 Å². The van der Waals surface area contributed by atoms with Crippen molar-refractivity contribution in [1.82, 2.24) is 0 Å². The molecule has 0 aliphatic heterocycles. The molecule has 0 spiro atoms. The first kappa shape index (κ1) is 14.3. The summed E-state index contributed by atoms with van der Waals surface area (Å²) in [4.78, 5) is 0. The van der Waals surface area contributed by atoms with E-state index in [9.17, 15) is 0 Å². The van der Waals surface area contributed by atoms with Crippen LogP contribution >= 0.6 is 0 Å². The van der Waals surface area contributed by atoms with Gasteiger partial charge in [0.05, 0.1) is 6.61 Å². The minimum absolute atomic E-state index is 0.316. The molecule has 18 heavy (non-hydrogen) atoms. The maximum Gasteiger partial charge on any atom is 0.173 e. The van der Waals surface area contributed by atoms with Gasteiger partial charge in [-0.05, 0) is 30.7 Å². The minimum Gasteiger partial charge on any atom is -0.491 e. The van der Waals surface area contributed by atoms with Crippen LogP contribution in [0.1, 0.15) is 12.5 Å². The average Bonchev–Trinajstić information content (AvgIpc) is 2.42. The molecule has 1 atom stereocenters. The Balaban J connectivity index is 2.30. The minimum atomic E-state index is -0.927. The molecular formula is C15H18O3. The van der Waals surface area contributed by atoms with Gasteiger partial charge in [-0.25, -0.2) is 0 Å². The molecule has 0 fully saturated rings. The maximum absolute atomic E-state index is 9.07. The normalized spacial score (nSPS) is 11.2. The molecule has 1 aromatic rings. The lowest BCUT2D eigenvalue weighted by atomic mass is 10.1. The maximum atomic E-state index is 9.07. The second-order valence-electron chi connectivity index (χ2n) is 3.59. The van der Waals surface area contributed by atoms with Crippen molar-refractivity contribution in [3.63, 3.8) is 0 Å². The summed E-state index contributed by atoms with van der Waals surface area (Å²) in [6.45, 7) is 5.94. The van der Waals surface area contributed by atoms with Gasteiger partial charge in [0.15, 0.2) is 6.29 Å². The first-order valence-electron chi connectivity index (χ1n) is 5.80. The molecule has 0 saturated carbocycles. The fourth-order valence-corrected chi connectivity index (χ4v) is 1.29. The summed E-state index contributed by atoms with van der Waals surface area (Å²) in [6, 6.07) is 7.77. The Morgan fingerprint density at radius 2 is 2.06 bits per heavy atom. The molecular weight excluding hydrogens is 228 g/mol. The van der Waals surface area contributed by atoms with Crippen molar-refractivity contribution >= 4 is 0 Å². The standard InChI is InChI=1S/C15H18O3/c1-3-5-6-13-7-9-14(10-8-13)17-11-12-18-15(16)4-2/h4,7-10,15-16H,2,6,11-12H2,1H3. The Morgan fingerprint density at radius 3 is 2.67 bits per heavy atom. The topological polar surface area (TPSA) is 38.7 Å². The highest BCUT2D eigenvalue weighted by Crippen LogP contribution is 2.12. The molecule has 0 amide bonds. The zero-order valence-corrected chi connectivity index (χ0v) is 10.6. The molecule has 0 aromatic heterocycles. The number of benzene rings is 1. The van der Waals surface area contributed by atoms with Crippen LogP contribution in [-0.2, 0) is 11.2 Å². The van der Waals surface area contributed by atoms with E-state index in [0.29, 0.717) is 13.2 Å². The van der Waals surface area contributed by atoms with Gasteiger partial charge in [0.2, 0.25) is 0 Å². The number of hydrogen-bond donors (Lipinski definition) is 1. The third-order valence-electron chi connectivity index (χ3n) is 2.23. The van der Waals surface area contributed by atoms with Crippen LogP contribution in [0, 0.1) is 11.8 Å². The first-order valence-corrected chi connectivity index (χ1v) is 5.80. The van der Waals surface area contributed by atoms with E-state index in [4.69, 9.17) is 14.6 Å². The van der Waals surface area contributed by atoms with Crippen molar-refractivity contribution < 1.29 is 14.6 Å². The third kappa shape index (κ3) is 5.53. The van der Waals surface area contributed by atoms with Gasteiger partial charge in [-0.1, -0.05) is 24.6 Å². The average molecular weight is 246 g/mol. The fourth-order valence-electron chi connectivity index (χ4n) is 1.29. The lowest BCUT2D eigenvalue weighted by molar-refractivity contribution is -0.0711. The van der Waals surface area contributed by atoms with Crippen LogP contribution in [0.15, 0.2) is 36.9 Å². The summed E-state index contributed by atoms with van der Waals surface area (Å²) >= 11 is 0. The van der Waals surface area contributed by atoms with Gasteiger partial charge in [-0.3, -0.25) is 0 Å². The predicted octanol–water partition coefficient (Wildman–Crippen LogP) is 2.15. The van der Waals surface area contributed by atoms with Gasteiger partial charge in [-0.2, -0.15) is 0 Å². The molecule has 0 saturated heterocycles. The summed E-state index contributed by atoms with van der Waals surface area (Å²) in [5.41, 5.74) is 1.16. The van der Waals surface area contributed by atoms with Gasteiger partial charge in [0.25, 0.3) is 0 Å². The second kappa shape index (κ2) is 8.35. The zero-order valence-electron chi connectivity index (χ0n) is 10.6. The van der Waals surface area contributed by atoms with Gasteiger partial charge in [0, 0.05) is 6.42 Å². The van der Waals surface area contributed by atoms with E-state index in [1.165, 1.54) is 6.08 Å². The molecule has 0 aliphatic rings. The smallest absolute Gasteiger partial charge is 0.173 e. The van der Waals surface area contributed by atoms with E-state index < -0.39 is 6.29 Å². The molecule has 0 radical (unpaired) electrons. The molecule has 1 unspecified atom stereocenters. The van der Waals surface area contributed by atoms with E-state index >= 15 is 0 Å². The van der Waals surface area contributed by atoms with E-state index in [1.54, 1.807) is 0 Å². The number of aliphatic hydroxyl groups is 1. The van der Waals surface area contributed by atoms with Crippen LogP contribution in [-0.4, -0.2) is 24.6 Å². The van der Waals surface area contributed by atoms with Crippen molar-refractivity contribution in [2.45, 2.75) is 19.6 Å². The number of ether oxygens (including phenoxy) is 2. The second-order valence-corrected chi connectivity index (χ2v) is 3.59. The summed E-state index contributed by atoms with van der Waals surface area (Å²) in [5.74, 6) is 6.64. The molecule has 96 valence electrons. The first-order chi connectivity index (χ1) is 8.76. The Kier molecular flexibility index (Phi) is 6.63. The van der Waals surface area contributed by atoms with Gasteiger partial charge in [0.1, 0.15) is 12.4 Å². The largest absolute Gasteiger partial charge is 0.491 e. The van der Waals surface area contributed by atoms with Crippen LogP contribution in [0.4, 0.5) is 0 Å². The van der Waals surface area contributed by atoms with Crippen molar-refractivity contribution in [2.24, 2.45) is 0 Å². The Hall–Kier alpha value is -1.76. The quantitative estimate of drug-likeness (QED) is 0.347. The Morgan fingerprint density at radius 1 is 1.33 bits per heavy atom. The Bertz CT molecular complexity index is 412. The molecule has 0 aliphatic carbocycles. The summed E-state index contributed by atoms with van der Waals surface area (Å²) < 4.78 is 10.4. The number of aliphatic hydroxyl groups excluding tert-OH is 1. The third-order valence-corrected chi connectivity index (χ3v) is 2.23. The number of rotatable bonds is 7. The van der Waals surface area contributed by atoms with Crippen LogP contribution in [0.5, 0.6) is 5.75 Å². The monoisotopic (exact) mass is 246 g/mol.